The molecule has 0 unspecified atom stereocenters. The fourth-order valence-electron chi connectivity index (χ4n) is 3.39. The summed E-state index contributed by atoms with van der Waals surface area (Å²) in [7, 11) is 0. The summed E-state index contributed by atoms with van der Waals surface area (Å²) >= 11 is 0. The Bertz CT molecular complexity index is 822. The Morgan fingerprint density at radius 3 is 2.10 bits per heavy atom. The number of benzene rings is 1. The minimum atomic E-state index is -0.540. The predicted octanol–water partition coefficient (Wildman–Crippen LogP) is 6.89. The second-order valence-electron chi connectivity index (χ2n) is 8.34. The number of rotatable bonds is 14. The maximum Gasteiger partial charge on any atom is 0.383 e. The summed E-state index contributed by atoms with van der Waals surface area (Å²) in [5.74, 6) is 1.12. The normalized spacial score (nSPS) is 11.4. The Balaban J connectivity index is 2.14. The summed E-state index contributed by atoms with van der Waals surface area (Å²) in [5, 5.41) is 0.697. The van der Waals surface area contributed by atoms with Crippen LogP contribution >= 0.6 is 0 Å². The highest BCUT2D eigenvalue weighted by molar-refractivity contribution is 5.89. The first-order chi connectivity index (χ1) is 14.4. The van der Waals surface area contributed by atoms with Crippen LogP contribution in [0.15, 0.2) is 27.4 Å². The third-order valence-electron chi connectivity index (χ3n) is 4.77. The molecule has 0 atom stereocenters. The van der Waals surface area contributed by atoms with Gasteiger partial charge < -0.3 is 18.6 Å². The first-order valence-electron chi connectivity index (χ1n) is 11.5. The molecule has 0 bridgehead atoms. The van der Waals surface area contributed by atoms with Crippen LogP contribution in [-0.2, 0) is 0 Å². The molecule has 0 aliphatic rings. The van der Waals surface area contributed by atoms with Gasteiger partial charge in [0.2, 0.25) is 5.75 Å². The van der Waals surface area contributed by atoms with E-state index in [4.69, 9.17) is 18.6 Å². The zero-order chi connectivity index (χ0) is 21.9. The fourth-order valence-corrected chi connectivity index (χ4v) is 3.39. The molecule has 5 nitrogen and oxygen atoms in total. The van der Waals surface area contributed by atoms with Gasteiger partial charge in [-0.15, -0.1) is 0 Å². The summed E-state index contributed by atoms with van der Waals surface area (Å²) < 4.78 is 23.3. The lowest BCUT2D eigenvalue weighted by Crippen LogP contribution is -2.16. The third-order valence-corrected chi connectivity index (χ3v) is 4.77. The molecule has 2 rings (SSSR count). The van der Waals surface area contributed by atoms with Crippen LogP contribution in [-0.4, -0.2) is 18.8 Å². The second kappa shape index (κ2) is 12.5. The number of ether oxygens (including phenoxy) is 3. The topological polar surface area (TPSA) is 57.9 Å². The van der Waals surface area contributed by atoms with E-state index in [0.29, 0.717) is 29.1 Å². The molecule has 1 aromatic heterocycles. The summed E-state index contributed by atoms with van der Waals surface area (Å²) in [6.45, 7) is 10.4. The van der Waals surface area contributed by atoms with Gasteiger partial charge in [-0.05, 0) is 46.2 Å². The van der Waals surface area contributed by atoms with Gasteiger partial charge in [0.05, 0.1) is 24.2 Å². The predicted molar refractivity (Wildman–Crippen MR) is 122 cm³/mol. The Kier molecular flexibility index (Phi) is 10.0. The molecular formula is C25H38O5. The van der Waals surface area contributed by atoms with E-state index in [9.17, 15) is 4.79 Å². The molecule has 0 spiro atoms. The molecular weight excluding hydrogens is 380 g/mol. The quantitative estimate of drug-likeness (QED) is 0.247. The van der Waals surface area contributed by atoms with E-state index in [1.54, 1.807) is 6.07 Å². The average Bonchev–Trinajstić information content (AvgIpc) is 2.68. The molecule has 0 saturated carbocycles. The van der Waals surface area contributed by atoms with Crippen molar-refractivity contribution in [2.75, 3.05) is 6.61 Å². The molecule has 30 heavy (non-hydrogen) atoms. The Morgan fingerprint density at radius 1 is 0.833 bits per heavy atom. The largest absolute Gasteiger partial charge is 0.489 e. The monoisotopic (exact) mass is 418 g/mol. The van der Waals surface area contributed by atoms with E-state index >= 15 is 0 Å². The average molecular weight is 419 g/mol. The van der Waals surface area contributed by atoms with Crippen molar-refractivity contribution in [3.05, 3.63) is 28.6 Å². The highest BCUT2D eigenvalue weighted by Crippen LogP contribution is 2.37. The highest BCUT2D eigenvalue weighted by atomic mass is 16.5. The Labute approximate surface area is 180 Å². The lowest BCUT2D eigenvalue weighted by Gasteiger charge is -2.17. The van der Waals surface area contributed by atoms with Gasteiger partial charge in [0.25, 0.3) is 0 Å². The summed E-state index contributed by atoms with van der Waals surface area (Å²) in [6.07, 6.45) is 9.60. The van der Waals surface area contributed by atoms with Crippen molar-refractivity contribution >= 4 is 11.0 Å². The molecule has 0 aliphatic carbocycles. The van der Waals surface area contributed by atoms with Crippen LogP contribution < -0.4 is 19.8 Å². The Morgan fingerprint density at radius 2 is 1.47 bits per heavy atom. The van der Waals surface area contributed by atoms with Crippen LogP contribution in [0.3, 0.4) is 0 Å². The van der Waals surface area contributed by atoms with Crippen LogP contribution in [0.1, 0.15) is 86.0 Å². The minimum Gasteiger partial charge on any atom is -0.489 e. The minimum absolute atomic E-state index is 0.0332. The van der Waals surface area contributed by atoms with Gasteiger partial charge in [-0.1, -0.05) is 57.9 Å². The smallest absolute Gasteiger partial charge is 0.383 e. The van der Waals surface area contributed by atoms with Crippen LogP contribution in [0.5, 0.6) is 17.2 Å². The van der Waals surface area contributed by atoms with Crippen molar-refractivity contribution < 1.29 is 18.6 Å². The van der Waals surface area contributed by atoms with Crippen molar-refractivity contribution in [2.45, 2.75) is 98.2 Å². The molecule has 0 N–H and O–H groups in total. The van der Waals surface area contributed by atoms with Gasteiger partial charge in [-0.2, -0.15) is 0 Å². The highest BCUT2D eigenvalue weighted by Gasteiger charge is 2.21. The van der Waals surface area contributed by atoms with E-state index in [1.807, 2.05) is 39.8 Å². The van der Waals surface area contributed by atoms with E-state index in [2.05, 4.69) is 6.92 Å². The Hall–Kier alpha value is -2.17. The summed E-state index contributed by atoms with van der Waals surface area (Å²) in [4.78, 5) is 12.7. The van der Waals surface area contributed by atoms with Crippen LogP contribution in [0.4, 0.5) is 0 Å². The maximum atomic E-state index is 12.7. The molecule has 1 aromatic carbocycles. The molecule has 0 fully saturated rings. The molecule has 168 valence electrons. The zero-order valence-electron chi connectivity index (χ0n) is 19.3. The first-order valence-corrected chi connectivity index (χ1v) is 11.5. The standard InChI is InChI=1S/C25H38O5/c1-6-7-8-9-10-11-12-13-17-27-23-20-15-14-16-21(28-18(2)3)22(20)30-25(26)24(23)29-19(4)5/h14-16,18-19H,6-13,17H2,1-5H3. The van der Waals surface area contributed by atoms with Gasteiger partial charge in [0.15, 0.2) is 17.1 Å². The molecule has 2 aromatic rings. The van der Waals surface area contributed by atoms with Gasteiger partial charge in [-0.3, -0.25) is 0 Å². The van der Waals surface area contributed by atoms with Gasteiger partial charge >= 0.3 is 5.63 Å². The number of para-hydroxylation sites is 1. The van der Waals surface area contributed by atoms with Crippen LogP contribution in [0.25, 0.3) is 11.0 Å². The number of hydrogen-bond acceptors (Lipinski definition) is 5. The second-order valence-corrected chi connectivity index (χ2v) is 8.34. The van der Waals surface area contributed by atoms with Gasteiger partial charge in [0.1, 0.15) is 0 Å². The molecule has 0 aliphatic heterocycles. The number of hydrogen-bond donors (Lipinski definition) is 0. The van der Waals surface area contributed by atoms with Crippen LogP contribution in [0, 0.1) is 0 Å². The zero-order valence-corrected chi connectivity index (χ0v) is 19.3. The lowest BCUT2D eigenvalue weighted by atomic mass is 10.1. The summed E-state index contributed by atoms with van der Waals surface area (Å²) in [6, 6.07) is 5.56. The molecule has 5 heteroatoms. The van der Waals surface area contributed by atoms with Crippen molar-refractivity contribution in [1.29, 1.82) is 0 Å². The van der Waals surface area contributed by atoms with E-state index in [-0.39, 0.29) is 18.0 Å². The van der Waals surface area contributed by atoms with E-state index in [0.717, 1.165) is 12.8 Å². The molecule has 1 heterocycles. The summed E-state index contributed by atoms with van der Waals surface area (Å²) in [5.41, 5.74) is -0.139. The number of unbranched alkanes of at least 4 members (excludes halogenated alkanes) is 7. The fraction of sp³-hybridized carbons (Fsp3) is 0.640. The van der Waals surface area contributed by atoms with E-state index < -0.39 is 5.63 Å². The maximum absolute atomic E-state index is 12.7. The van der Waals surface area contributed by atoms with Gasteiger partial charge in [0, 0.05) is 0 Å². The van der Waals surface area contributed by atoms with E-state index in [1.165, 1.54) is 38.5 Å². The number of fused-ring (bicyclic) bond motifs is 1. The van der Waals surface area contributed by atoms with Crippen LogP contribution in [0.2, 0.25) is 0 Å². The molecule has 0 saturated heterocycles. The first kappa shape index (κ1) is 24.1. The van der Waals surface area contributed by atoms with Crippen molar-refractivity contribution in [1.82, 2.24) is 0 Å². The SMILES string of the molecule is CCCCCCCCCCOc1c(OC(C)C)c(=O)oc2c(OC(C)C)cccc12. The van der Waals surface area contributed by atoms with Crippen molar-refractivity contribution in [2.24, 2.45) is 0 Å². The lowest BCUT2D eigenvalue weighted by molar-refractivity contribution is 0.209. The van der Waals surface area contributed by atoms with Crippen molar-refractivity contribution in [3.63, 3.8) is 0 Å². The van der Waals surface area contributed by atoms with Gasteiger partial charge in [-0.25, -0.2) is 4.79 Å². The van der Waals surface area contributed by atoms with Crippen molar-refractivity contribution in [3.8, 4) is 17.2 Å². The third kappa shape index (κ3) is 7.26. The molecule has 0 amide bonds. The molecule has 0 radical (unpaired) electrons.